The van der Waals surface area contributed by atoms with Gasteiger partial charge in [-0.3, -0.25) is 9.78 Å². The zero-order valence-corrected chi connectivity index (χ0v) is 20.4. The average molecular weight is 514 g/mol. The summed E-state index contributed by atoms with van der Waals surface area (Å²) in [5.41, 5.74) is 3.08. The van der Waals surface area contributed by atoms with Gasteiger partial charge in [0.25, 0.3) is 5.91 Å². The second-order valence-electron chi connectivity index (χ2n) is 7.77. The Kier molecular flexibility index (Phi) is 7.44. The van der Waals surface area contributed by atoms with Crippen molar-refractivity contribution in [2.24, 2.45) is 7.05 Å². The molecule has 0 saturated heterocycles. The van der Waals surface area contributed by atoms with Crippen molar-refractivity contribution in [1.29, 1.82) is 0 Å². The van der Waals surface area contributed by atoms with Crippen molar-refractivity contribution in [3.63, 3.8) is 0 Å². The Hall–Kier alpha value is -4.05. The molecule has 0 aliphatic carbocycles. The number of methoxy groups -OCH3 is 1. The Morgan fingerprint density at radius 3 is 2.53 bits per heavy atom. The molecule has 11 heteroatoms. The van der Waals surface area contributed by atoms with Crippen molar-refractivity contribution in [2.45, 2.75) is 20.0 Å². The van der Waals surface area contributed by atoms with Gasteiger partial charge < -0.3 is 19.4 Å². The van der Waals surface area contributed by atoms with E-state index in [-0.39, 0.29) is 16.6 Å². The van der Waals surface area contributed by atoms with Gasteiger partial charge in [0.1, 0.15) is 16.7 Å². The number of pyridine rings is 2. The van der Waals surface area contributed by atoms with Crippen LogP contribution in [-0.2, 0) is 13.5 Å². The number of alkyl halides is 2. The van der Waals surface area contributed by atoms with E-state index in [2.05, 4.69) is 25.0 Å². The normalized spacial score (nSPS) is 11.0. The Balaban J connectivity index is 1.74. The number of aryl methyl sites for hydroxylation is 1. The zero-order valence-electron chi connectivity index (χ0n) is 19.6. The van der Waals surface area contributed by atoms with Gasteiger partial charge in [0, 0.05) is 31.3 Å². The number of aromatic nitrogens is 4. The number of amides is 1. The lowest BCUT2D eigenvalue weighted by molar-refractivity contribution is -0.0498. The van der Waals surface area contributed by atoms with Gasteiger partial charge >= 0.3 is 6.61 Å². The number of halogens is 3. The van der Waals surface area contributed by atoms with E-state index in [1.807, 2.05) is 0 Å². The van der Waals surface area contributed by atoms with Crippen LogP contribution >= 0.6 is 11.6 Å². The summed E-state index contributed by atoms with van der Waals surface area (Å²) < 4.78 is 36.2. The fraction of sp³-hybridized carbons (Fsp3) is 0.200. The third-order valence-corrected chi connectivity index (χ3v) is 5.74. The molecule has 3 aromatic heterocycles. The van der Waals surface area contributed by atoms with Crippen LogP contribution in [0.5, 0.6) is 11.6 Å². The number of hydrogen-bond donors (Lipinski definition) is 1. The molecule has 0 unspecified atom stereocenters. The summed E-state index contributed by atoms with van der Waals surface area (Å²) in [4.78, 5) is 26.4. The second kappa shape index (κ2) is 10.7. The lowest BCUT2D eigenvalue weighted by Gasteiger charge is -2.11. The molecule has 0 atom stereocenters. The third-order valence-electron chi connectivity index (χ3n) is 5.46. The molecule has 0 aliphatic rings. The molecular formula is C25H22ClF2N5O3. The molecule has 0 saturated carbocycles. The lowest BCUT2D eigenvalue weighted by Crippen LogP contribution is -2.15. The van der Waals surface area contributed by atoms with Gasteiger partial charge in [-0.15, -0.1) is 0 Å². The largest absolute Gasteiger partial charge is 0.481 e. The summed E-state index contributed by atoms with van der Waals surface area (Å²) in [5.74, 6) is 0.481. The van der Waals surface area contributed by atoms with Crippen molar-refractivity contribution in [3.05, 3.63) is 82.7 Å². The van der Waals surface area contributed by atoms with Crippen LogP contribution in [0, 0.1) is 6.92 Å². The number of nitrogens with zero attached hydrogens (tertiary/aromatic N) is 4. The highest BCUT2D eigenvalue weighted by molar-refractivity contribution is 6.32. The maximum Gasteiger partial charge on any atom is 0.387 e. The number of ether oxygens (including phenoxy) is 2. The number of anilines is 1. The molecule has 1 amide bonds. The molecule has 4 aromatic rings. The van der Waals surface area contributed by atoms with E-state index >= 15 is 0 Å². The van der Waals surface area contributed by atoms with Gasteiger partial charge in [0.05, 0.1) is 24.2 Å². The van der Waals surface area contributed by atoms with E-state index in [9.17, 15) is 13.6 Å². The van der Waals surface area contributed by atoms with Crippen molar-refractivity contribution in [1.82, 2.24) is 19.5 Å². The first-order chi connectivity index (χ1) is 17.3. The van der Waals surface area contributed by atoms with E-state index in [1.165, 1.54) is 19.2 Å². The molecule has 4 rings (SSSR count). The molecule has 36 heavy (non-hydrogen) atoms. The summed E-state index contributed by atoms with van der Waals surface area (Å²) in [6, 6.07) is 13.0. The number of imidazole rings is 1. The summed E-state index contributed by atoms with van der Waals surface area (Å²) in [6.45, 7) is -1.12. The molecule has 1 aromatic carbocycles. The minimum Gasteiger partial charge on any atom is -0.481 e. The van der Waals surface area contributed by atoms with Crippen molar-refractivity contribution >= 4 is 23.2 Å². The molecule has 0 fully saturated rings. The molecule has 0 aliphatic heterocycles. The van der Waals surface area contributed by atoms with Gasteiger partial charge in [0.2, 0.25) is 5.88 Å². The smallest absolute Gasteiger partial charge is 0.387 e. The quantitative estimate of drug-likeness (QED) is 0.322. The molecule has 1 N–H and O–H groups in total. The SMILES string of the molecule is COc1ccc(-c2c(C(=O)Nc3cccnc3C)nc(Cc3ccc(OC(F)F)cc3)n2C)c(Cl)n1. The summed E-state index contributed by atoms with van der Waals surface area (Å²) in [7, 11) is 3.24. The first-order valence-electron chi connectivity index (χ1n) is 10.8. The van der Waals surface area contributed by atoms with Crippen LogP contribution in [0.2, 0.25) is 5.15 Å². The van der Waals surface area contributed by atoms with Crippen LogP contribution in [0.3, 0.4) is 0 Å². The Labute approximate surface area is 210 Å². The van der Waals surface area contributed by atoms with E-state index in [0.29, 0.717) is 40.8 Å². The first-order valence-corrected chi connectivity index (χ1v) is 11.2. The molecule has 0 bridgehead atoms. The van der Waals surface area contributed by atoms with Crippen LogP contribution < -0.4 is 14.8 Å². The van der Waals surface area contributed by atoms with E-state index in [1.54, 1.807) is 61.1 Å². The first kappa shape index (κ1) is 25.1. The summed E-state index contributed by atoms with van der Waals surface area (Å²) >= 11 is 6.46. The van der Waals surface area contributed by atoms with E-state index in [0.717, 1.165) is 5.56 Å². The second-order valence-corrected chi connectivity index (χ2v) is 8.12. The van der Waals surface area contributed by atoms with Crippen LogP contribution in [0.4, 0.5) is 14.5 Å². The highest BCUT2D eigenvalue weighted by atomic mass is 35.5. The molecule has 186 valence electrons. The Bertz CT molecular complexity index is 1390. The Morgan fingerprint density at radius 1 is 1.14 bits per heavy atom. The summed E-state index contributed by atoms with van der Waals surface area (Å²) in [6.07, 6.45) is 1.95. The molecule has 8 nitrogen and oxygen atoms in total. The van der Waals surface area contributed by atoms with Gasteiger partial charge in [0.15, 0.2) is 5.69 Å². The predicted octanol–water partition coefficient (Wildman–Crippen LogP) is 5.29. The van der Waals surface area contributed by atoms with Crippen LogP contribution in [0.25, 0.3) is 11.3 Å². The highest BCUT2D eigenvalue weighted by Gasteiger charge is 2.25. The minimum atomic E-state index is -2.90. The number of hydrogen-bond acceptors (Lipinski definition) is 6. The minimum absolute atomic E-state index is 0.0530. The number of nitrogens with one attached hydrogen (secondary N) is 1. The third kappa shape index (κ3) is 5.44. The van der Waals surface area contributed by atoms with Crippen molar-refractivity contribution < 1.29 is 23.0 Å². The standard InChI is InChI=1S/C25H22ClF2N5O3/c1-14-18(5-4-12-29-14)30-24(34)21-22(17-10-11-20(35-3)32-23(17)26)33(2)19(31-21)13-15-6-8-16(9-7-15)36-25(27)28/h4-12,25H,13H2,1-3H3,(H,30,34). The zero-order chi connectivity index (χ0) is 25.8. The molecule has 0 radical (unpaired) electrons. The van der Waals surface area contributed by atoms with Crippen LogP contribution in [0.15, 0.2) is 54.7 Å². The van der Waals surface area contributed by atoms with Crippen LogP contribution in [0.1, 0.15) is 27.6 Å². The van der Waals surface area contributed by atoms with Crippen molar-refractivity contribution in [2.75, 3.05) is 12.4 Å². The fourth-order valence-electron chi connectivity index (χ4n) is 3.65. The van der Waals surface area contributed by atoms with Gasteiger partial charge in [-0.05, 0) is 42.8 Å². The van der Waals surface area contributed by atoms with Crippen LogP contribution in [-0.4, -0.2) is 39.1 Å². The maximum atomic E-state index is 13.4. The highest BCUT2D eigenvalue weighted by Crippen LogP contribution is 2.32. The lowest BCUT2D eigenvalue weighted by atomic mass is 10.1. The fourth-order valence-corrected chi connectivity index (χ4v) is 3.88. The topological polar surface area (TPSA) is 91.2 Å². The van der Waals surface area contributed by atoms with Gasteiger partial charge in [-0.25, -0.2) is 9.97 Å². The average Bonchev–Trinajstić information content (AvgIpc) is 3.17. The number of carbonyl (C=O) groups excluding carboxylic acids is 1. The maximum absolute atomic E-state index is 13.4. The monoisotopic (exact) mass is 513 g/mol. The van der Waals surface area contributed by atoms with E-state index < -0.39 is 12.5 Å². The van der Waals surface area contributed by atoms with Gasteiger partial charge in [-0.2, -0.15) is 8.78 Å². The van der Waals surface area contributed by atoms with Crippen molar-refractivity contribution in [3.8, 4) is 22.9 Å². The predicted molar refractivity (Wildman–Crippen MR) is 131 cm³/mol. The summed E-state index contributed by atoms with van der Waals surface area (Å²) in [5, 5.41) is 3.00. The van der Waals surface area contributed by atoms with Gasteiger partial charge in [-0.1, -0.05) is 23.7 Å². The Morgan fingerprint density at radius 2 is 1.89 bits per heavy atom. The molecule has 0 spiro atoms. The van der Waals surface area contributed by atoms with E-state index in [4.69, 9.17) is 16.3 Å². The number of rotatable bonds is 8. The number of benzene rings is 1. The molecule has 3 heterocycles. The number of carbonyl (C=O) groups is 1. The molecular weight excluding hydrogens is 492 g/mol.